The summed E-state index contributed by atoms with van der Waals surface area (Å²) in [6, 6.07) is 4.09. The van der Waals surface area contributed by atoms with E-state index in [-0.39, 0.29) is 24.7 Å². The van der Waals surface area contributed by atoms with Gasteiger partial charge in [0.25, 0.3) is 0 Å². The topological polar surface area (TPSA) is 94.6 Å². The predicted octanol–water partition coefficient (Wildman–Crippen LogP) is 1.38. The highest BCUT2D eigenvalue weighted by atomic mass is 16.4. The standard InChI is InChI=1S/C17H26N4O3/c1-3-12-5-6-18-14(7-12)10-19-17(24)20-13-8-15(9-13)21(4-2)11-16(22)23/h5-7,13,15H,3-4,8-11H2,1-2H3,(H,22,23)(H2,19,20,24). The Balaban J connectivity index is 1.69. The van der Waals surface area contributed by atoms with Crippen LogP contribution in [0.2, 0.25) is 0 Å². The largest absolute Gasteiger partial charge is 0.480 e. The van der Waals surface area contributed by atoms with Gasteiger partial charge in [0.2, 0.25) is 0 Å². The minimum absolute atomic E-state index is 0.0551. The number of pyridine rings is 1. The Bertz CT molecular complexity index is 573. The molecule has 0 unspecified atom stereocenters. The molecule has 24 heavy (non-hydrogen) atoms. The minimum atomic E-state index is -0.812. The number of rotatable bonds is 8. The molecule has 0 aliphatic heterocycles. The van der Waals surface area contributed by atoms with Crippen LogP contribution >= 0.6 is 0 Å². The summed E-state index contributed by atoms with van der Waals surface area (Å²) in [5, 5.41) is 14.6. The molecule has 1 saturated carbocycles. The Morgan fingerprint density at radius 1 is 1.38 bits per heavy atom. The quantitative estimate of drug-likeness (QED) is 0.668. The van der Waals surface area contributed by atoms with Crippen molar-refractivity contribution < 1.29 is 14.7 Å². The van der Waals surface area contributed by atoms with Gasteiger partial charge >= 0.3 is 12.0 Å². The summed E-state index contributed by atoms with van der Waals surface area (Å²) < 4.78 is 0. The number of hydrogen-bond donors (Lipinski definition) is 3. The highest BCUT2D eigenvalue weighted by Gasteiger charge is 2.34. The van der Waals surface area contributed by atoms with Crippen LogP contribution in [0.3, 0.4) is 0 Å². The Hall–Kier alpha value is -2.15. The van der Waals surface area contributed by atoms with Gasteiger partial charge < -0.3 is 15.7 Å². The lowest BCUT2D eigenvalue weighted by Crippen LogP contribution is -2.56. The number of carbonyl (C=O) groups is 2. The number of carboxylic acid groups (broad SMARTS) is 1. The van der Waals surface area contributed by atoms with Crippen LogP contribution < -0.4 is 10.6 Å². The normalized spacial score (nSPS) is 19.6. The van der Waals surface area contributed by atoms with Crippen molar-refractivity contribution in [3.8, 4) is 0 Å². The number of carbonyl (C=O) groups excluding carboxylic acids is 1. The van der Waals surface area contributed by atoms with E-state index in [1.807, 2.05) is 24.0 Å². The number of likely N-dealkylation sites (N-methyl/N-ethyl adjacent to an activating group) is 1. The summed E-state index contributed by atoms with van der Waals surface area (Å²) in [6.07, 6.45) is 4.28. The first-order chi connectivity index (χ1) is 11.5. The van der Waals surface area contributed by atoms with Crippen LogP contribution in [0.25, 0.3) is 0 Å². The molecule has 0 radical (unpaired) electrons. The Labute approximate surface area is 142 Å². The molecular weight excluding hydrogens is 308 g/mol. The van der Waals surface area contributed by atoms with Crippen molar-refractivity contribution in [1.29, 1.82) is 0 Å². The van der Waals surface area contributed by atoms with E-state index in [2.05, 4.69) is 22.5 Å². The molecule has 7 nitrogen and oxygen atoms in total. The molecule has 1 aliphatic carbocycles. The molecule has 0 saturated heterocycles. The van der Waals surface area contributed by atoms with E-state index in [0.29, 0.717) is 13.1 Å². The summed E-state index contributed by atoms with van der Waals surface area (Å²) in [4.78, 5) is 28.9. The fraction of sp³-hybridized carbons (Fsp3) is 0.588. The average molecular weight is 334 g/mol. The number of nitrogens with one attached hydrogen (secondary N) is 2. The second-order valence-corrected chi connectivity index (χ2v) is 6.11. The highest BCUT2D eigenvalue weighted by Crippen LogP contribution is 2.25. The summed E-state index contributed by atoms with van der Waals surface area (Å²) in [6.45, 7) is 5.19. The molecule has 0 atom stereocenters. The number of hydrogen-bond acceptors (Lipinski definition) is 4. The third-order valence-corrected chi connectivity index (χ3v) is 4.43. The van der Waals surface area contributed by atoms with Gasteiger partial charge in [-0.1, -0.05) is 13.8 Å². The first-order valence-electron chi connectivity index (χ1n) is 8.45. The van der Waals surface area contributed by atoms with Gasteiger partial charge in [-0.25, -0.2) is 4.79 Å². The predicted molar refractivity (Wildman–Crippen MR) is 90.7 cm³/mol. The Kier molecular flexibility index (Phi) is 6.54. The average Bonchev–Trinajstić information content (AvgIpc) is 2.54. The number of urea groups is 1. The number of aromatic nitrogens is 1. The molecule has 7 heteroatoms. The third-order valence-electron chi connectivity index (χ3n) is 4.43. The van der Waals surface area contributed by atoms with Crippen molar-refractivity contribution in [2.75, 3.05) is 13.1 Å². The molecule has 1 aliphatic rings. The van der Waals surface area contributed by atoms with E-state index in [4.69, 9.17) is 5.11 Å². The lowest BCUT2D eigenvalue weighted by atomic mass is 9.85. The van der Waals surface area contributed by atoms with Crippen LogP contribution in [-0.4, -0.2) is 52.2 Å². The molecule has 2 amide bonds. The number of aryl methyl sites for hydroxylation is 1. The zero-order valence-electron chi connectivity index (χ0n) is 14.3. The van der Waals surface area contributed by atoms with Crippen molar-refractivity contribution >= 4 is 12.0 Å². The molecule has 0 spiro atoms. The van der Waals surface area contributed by atoms with Crippen LogP contribution in [0, 0.1) is 0 Å². The number of carboxylic acids is 1. The first-order valence-corrected chi connectivity index (χ1v) is 8.45. The van der Waals surface area contributed by atoms with Crippen LogP contribution in [0.1, 0.15) is 37.9 Å². The minimum Gasteiger partial charge on any atom is -0.480 e. The molecular formula is C17H26N4O3. The lowest BCUT2D eigenvalue weighted by Gasteiger charge is -2.42. The fourth-order valence-electron chi connectivity index (χ4n) is 2.93. The number of aliphatic carboxylic acids is 1. The van der Waals surface area contributed by atoms with Gasteiger partial charge in [0.1, 0.15) is 0 Å². The van der Waals surface area contributed by atoms with Crippen molar-refractivity contribution in [3.63, 3.8) is 0 Å². The molecule has 1 heterocycles. The maximum atomic E-state index is 11.9. The van der Waals surface area contributed by atoms with Gasteiger partial charge in [-0.15, -0.1) is 0 Å². The molecule has 2 rings (SSSR count). The fourth-order valence-corrected chi connectivity index (χ4v) is 2.93. The molecule has 1 aromatic rings. The van der Waals surface area contributed by atoms with E-state index >= 15 is 0 Å². The molecule has 132 valence electrons. The van der Waals surface area contributed by atoms with Crippen molar-refractivity contribution in [2.45, 2.75) is 51.7 Å². The van der Waals surface area contributed by atoms with Crippen molar-refractivity contribution in [2.24, 2.45) is 0 Å². The molecule has 0 bridgehead atoms. The smallest absolute Gasteiger partial charge is 0.317 e. The van der Waals surface area contributed by atoms with E-state index in [1.54, 1.807) is 6.20 Å². The van der Waals surface area contributed by atoms with Crippen molar-refractivity contribution in [1.82, 2.24) is 20.5 Å². The lowest BCUT2D eigenvalue weighted by molar-refractivity contribution is -0.139. The SMILES string of the molecule is CCc1ccnc(CNC(=O)NC2CC(N(CC)CC(=O)O)C2)c1. The zero-order valence-corrected chi connectivity index (χ0v) is 14.3. The summed E-state index contributed by atoms with van der Waals surface area (Å²) in [5.74, 6) is -0.812. The van der Waals surface area contributed by atoms with E-state index in [9.17, 15) is 9.59 Å². The monoisotopic (exact) mass is 334 g/mol. The Morgan fingerprint density at radius 3 is 2.75 bits per heavy atom. The maximum Gasteiger partial charge on any atom is 0.317 e. The second kappa shape index (κ2) is 8.63. The van der Waals surface area contributed by atoms with Gasteiger partial charge in [0.05, 0.1) is 18.8 Å². The highest BCUT2D eigenvalue weighted by molar-refractivity contribution is 5.74. The molecule has 0 aromatic carbocycles. The second-order valence-electron chi connectivity index (χ2n) is 6.11. The zero-order chi connectivity index (χ0) is 17.5. The van der Waals surface area contributed by atoms with Crippen LogP contribution in [0.4, 0.5) is 4.79 Å². The molecule has 1 fully saturated rings. The molecule has 1 aromatic heterocycles. The number of nitrogens with zero attached hydrogens (tertiary/aromatic N) is 2. The van der Waals surface area contributed by atoms with Crippen LogP contribution in [-0.2, 0) is 17.8 Å². The maximum absolute atomic E-state index is 11.9. The summed E-state index contributed by atoms with van der Waals surface area (Å²) in [7, 11) is 0. The third kappa shape index (κ3) is 5.19. The van der Waals surface area contributed by atoms with E-state index in [0.717, 1.165) is 25.0 Å². The van der Waals surface area contributed by atoms with Crippen molar-refractivity contribution in [3.05, 3.63) is 29.6 Å². The van der Waals surface area contributed by atoms with Gasteiger partial charge in [0.15, 0.2) is 0 Å². The van der Waals surface area contributed by atoms with Gasteiger partial charge in [-0.2, -0.15) is 0 Å². The van der Waals surface area contributed by atoms with Gasteiger partial charge in [-0.3, -0.25) is 14.7 Å². The van der Waals surface area contributed by atoms with Gasteiger partial charge in [-0.05, 0) is 43.5 Å². The van der Waals surface area contributed by atoms with E-state index in [1.165, 1.54) is 5.56 Å². The number of amides is 2. The summed E-state index contributed by atoms with van der Waals surface area (Å²) >= 11 is 0. The first kappa shape index (κ1) is 18.2. The molecule has 3 N–H and O–H groups in total. The van der Waals surface area contributed by atoms with Gasteiger partial charge in [0, 0.05) is 18.3 Å². The van der Waals surface area contributed by atoms with Crippen LogP contribution in [0.15, 0.2) is 18.3 Å². The van der Waals surface area contributed by atoms with Crippen LogP contribution in [0.5, 0.6) is 0 Å². The Morgan fingerprint density at radius 2 is 2.12 bits per heavy atom. The van der Waals surface area contributed by atoms with E-state index < -0.39 is 5.97 Å². The summed E-state index contributed by atoms with van der Waals surface area (Å²) in [5.41, 5.74) is 2.04.